The fourth-order valence-electron chi connectivity index (χ4n) is 4.33. The van der Waals surface area contributed by atoms with Gasteiger partial charge in [-0.25, -0.2) is 4.79 Å². The Kier molecular flexibility index (Phi) is 30.2. The number of guanidine groups is 1. The van der Waals surface area contributed by atoms with Crippen molar-refractivity contribution in [3.63, 3.8) is 0 Å². The van der Waals surface area contributed by atoms with E-state index in [1.807, 2.05) is 0 Å². The lowest BCUT2D eigenvalue weighted by Crippen LogP contribution is -2.47. The summed E-state index contributed by atoms with van der Waals surface area (Å²) in [6, 6.07) is -0.649. The van der Waals surface area contributed by atoms with Crippen LogP contribution < -0.4 is 21.7 Å². The van der Waals surface area contributed by atoms with Gasteiger partial charge in [0.1, 0.15) is 6.04 Å². The number of ether oxygens (including phenoxy) is 1. The smallest absolute Gasteiger partial charge is 0.407 e. The van der Waals surface area contributed by atoms with Crippen molar-refractivity contribution in [2.24, 2.45) is 5.73 Å². The number of unbranched alkanes of at least 4 members (excludes halogenated alkanes) is 16. The summed E-state index contributed by atoms with van der Waals surface area (Å²) in [6.07, 6.45) is 22.8. The zero-order chi connectivity index (χ0) is 27.4. The van der Waals surface area contributed by atoms with Crippen molar-refractivity contribution in [3.05, 3.63) is 0 Å². The van der Waals surface area contributed by atoms with Crippen LogP contribution in [-0.2, 0) is 9.53 Å². The third-order valence-corrected chi connectivity index (χ3v) is 6.65. The molecule has 0 aromatic heterocycles. The van der Waals surface area contributed by atoms with E-state index in [0.717, 1.165) is 38.5 Å². The summed E-state index contributed by atoms with van der Waals surface area (Å²) in [5, 5.41) is 15.6. The number of rotatable bonds is 26. The molecule has 0 rings (SSSR count). The topological polar surface area (TPSA) is 129 Å². The van der Waals surface area contributed by atoms with E-state index < -0.39 is 12.1 Å². The van der Waals surface area contributed by atoms with Gasteiger partial charge in [0.15, 0.2) is 5.96 Å². The first-order chi connectivity index (χ1) is 18.0. The van der Waals surface area contributed by atoms with Crippen LogP contribution >= 0.6 is 12.4 Å². The van der Waals surface area contributed by atoms with E-state index >= 15 is 0 Å². The Balaban J connectivity index is 0. The number of carbonyl (C=O) groups excluding carboxylic acids is 2. The number of nitrogens with one attached hydrogen (secondary N) is 4. The lowest BCUT2D eigenvalue weighted by atomic mass is 10.0. The molecule has 0 bridgehead atoms. The highest BCUT2D eigenvalue weighted by Crippen LogP contribution is 2.13. The van der Waals surface area contributed by atoms with Crippen LogP contribution in [0, 0.1) is 5.41 Å². The van der Waals surface area contributed by atoms with Gasteiger partial charge in [0.05, 0.1) is 6.61 Å². The molecule has 1 atom stereocenters. The monoisotopic (exact) mass is 561 g/mol. The SMILES string of the molecule is CCCCCCCCCCCCCCCCOC(=O)N[C@@H](CCCNC(=N)N)C(=O)NCCCCCC.Cl. The van der Waals surface area contributed by atoms with Crippen LogP contribution in [0.25, 0.3) is 0 Å². The van der Waals surface area contributed by atoms with Crippen molar-refractivity contribution in [1.82, 2.24) is 16.0 Å². The van der Waals surface area contributed by atoms with Crippen LogP contribution in [0.4, 0.5) is 4.79 Å². The Morgan fingerprint density at radius 1 is 0.684 bits per heavy atom. The van der Waals surface area contributed by atoms with Gasteiger partial charge >= 0.3 is 6.09 Å². The maximum absolute atomic E-state index is 12.6. The molecule has 9 heteroatoms. The number of carbonyl (C=O) groups is 2. The average Bonchev–Trinajstić information content (AvgIpc) is 2.87. The van der Waals surface area contributed by atoms with E-state index in [9.17, 15) is 9.59 Å². The molecule has 226 valence electrons. The molecule has 0 aliphatic heterocycles. The zero-order valence-corrected chi connectivity index (χ0v) is 25.4. The summed E-state index contributed by atoms with van der Waals surface area (Å²) < 4.78 is 5.33. The Morgan fingerprint density at radius 2 is 1.13 bits per heavy atom. The first-order valence-corrected chi connectivity index (χ1v) is 15.3. The molecule has 0 radical (unpaired) electrons. The Morgan fingerprint density at radius 3 is 1.63 bits per heavy atom. The number of nitrogens with two attached hydrogens (primary N) is 1. The summed E-state index contributed by atoms with van der Waals surface area (Å²) in [5.41, 5.74) is 5.31. The summed E-state index contributed by atoms with van der Waals surface area (Å²) in [6.45, 7) is 5.88. The maximum atomic E-state index is 12.6. The molecule has 8 nitrogen and oxygen atoms in total. The molecule has 0 heterocycles. The molecule has 0 aromatic rings. The number of alkyl carbamates (subject to hydrolysis) is 1. The third-order valence-electron chi connectivity index (χ3n) is 6.65. The third kappa shape index (κ3) is 27.3. The molecule has 38 heavy (non-hydrogen) atoms. The molecule has 0 spiro atoms. The molecule has 0 saturated heterocycles. The second-order valence-electron chi connectivity index (χ2n) is 10.3. The molecule has 6 N–H and O–H groups in total. The fourth-order valence-corrected chi connectivity index (χ4v) is 4.33. The first kappa shape index (κ1) is 38.4. The zero-order valence-electron chi connectivity index (χ0n) is 24.6. The van der Waals surface area contributed by atoms with E-state index in [1.165, 1.54) is 77.0 Å². The van der Waals surface area contributed by atoms with E-state index in [1.54, 1.807) is 0 Å². The Labute approximate surface area is 239 Å². The number of hydrogen-bond donors (Lipinski definition) is 5. The van der Waals surface area contributed by atoms with Crippen LogP contribution in [0.2, 0.25) is 0 Å². The van der Waals surface area contributed by atoms with Crippen molar-refractivity contribution in [3.8, 4) is 0 Å². The van der Waals surface area contributed by atoms with Gasteiger partial charge in [-0.1, -0.05) is 117 Å². The first-order valence-electron chi connectivity index (χ1n) is 15.3. The lowest BCUT2D eigenvalue weighted by Gasteiger charge is -2.18. The second-order valence-corrected chi connectivity index (χ2v) is 10.3. The molecular formula is C29H60ClN5O3. The molecular weight excluding hydrogens is 502 g/mol. The highest BCUT2D eigenvalue weighted by Gasteiger charge is 2.20. The summed E-state index contributed by atoms with van der Waals surface area (Å²) in [7, 11) is 0. The fraction of sp³-hybridized carbons (Fsp3) is 0.897. The quantitative estimate of drug-likeness (QED) is 0.0443. The Bertz CT molecular complexity index is 566. The number of hydrogen-bond acceptors (Lipinski definition) is 4. The van der Waals surface area contributed by atoms with Crippen molar-refractivity contribution in [1.29, 1.82) is 5.41 Å². The van der Waals surface area contributed by atoms with Gasteiger partial charge in [0, 0.05) is 13.1 Å². The van der Waals surface area contributed by atoms with Gasteiger partial charge in [0.25, 0.3) is 0 Å². The van der Waals surface area contributed by atoms with Crippen molar-refractivity contribution in [2.75, 3.05) is 19.7 Å². The van der Waals surface area contributed by atoms with Gasteiger partial charge in [-0.3, -0.25) is 10.2 Å². The van der Waals surface area contributed by atoms with Gasteiger partial charge in [-0.15, -0.1) is 12.4 Å². The Hall–Kier alpha value is -1.70. The van der Waals surface area contributed by atoms with Gasteiger partial charge in [-0.2, -0.15) is 0 Å². The van der Waals surface area contributed by atoms with E-state index in [4.69, 9.17) is 15.9 Å². The van der Waals surface area contributed by atoms with E-state index in [0.29, 0.717) is 32.5 Å². The molecule has 0 aromatic carbocycles. The normalized spacial score (nSPS) is 11.3. The van der Waals surface area contributed by atoms with E-state index in [2.05, 4.69) is 29.8 Å². The predicted octanol–water partition coefficient (Wildman–Crippen LogP) is 6.94. The van der Waals surface area contributed by atoms with E-state index in [-0.39, 0.29) is 24.3 Å². The van der Waals surface area contributed by atoms with Crippen LogP contribution in [0.15, 0.2) is 0 Å². The number of halogens is 1. The molecule has 0 fully saturated rings. The minimum absolute atomic E-state index is 0. The summed E-state index contributed by atoms with van der Waals surface area (Å²) >= 11 is 0. The summed E-state index contributed by atoms with van der Waals surface area (Å²) in [4.78, 5) is 24.8. The predicted molar refractivity (Wildman–Crippen MR) is 162 cm³/mol. The summed E-state index contributed by atoms with van der Waals surface area (Å²) in [5.74, 6) is -0.287. The molecule has 0 unspecified atom stereocenters. The molecule has 0 saturated carbocycles. The minimum atomic E-state index is -0.649. The highest BCUT2D eigenvalue weighted by atomic mass is 35.5. The van der Waals surface area contributed by atoms with Gasteiger partial charge in [0.2, 0.25) is 5.91 Å². The second kappa shape index (κ2) is 29.9. The largest absolute Gasteiger partial charge is 0.450 e. The van der Waals surface area contributed by atoms with Crippen LogP contribution in [0.3, 0.4) is 0 Å². The van der Waals surface area contributed by atoms with Crippen LogP contribution in [-0.4, -0.2) is 43.7 Å². The van der Waals surface area contributed by atoms with Crippen molar-refractivity contribution >= 4 is 30.4 Å². The molecule has 0 aliphatic carbocycles. The lowest BCUT2D eigenvalue weighted by molar-refractivity contribution is -0.123. The highest BCUT2D eigenvalue weighted by molar-refractivity contribution is 5.85. The maximum Gasteiger partial charge on any atom is 0.407 e. The van der Waals surface area contributed by atoms with Gasteiger partial charge < -0.3 is 26.4 Å². The number of amides is 2. The van der Waals surface area contributed by atoms with Gasteiger partial charge in [-0.05, 0) is 25.7 Å². The minimum Gasteiger partial charge on any atom is -0.450 e. The van der Waals surface area contributed by atoms with Crippen LogP contribution in [0.1, 0.15) is 142 Å². The van der Waals surface area contributed by atoms with Crippen molar-refractivity contribution in [2.45, 2.75) is 148 Å². The average molecular weight is 562 g/mol. The standard InChI is InChI=1S/C29H59N5O3.ClH/c1-3-5-7-9-10-11-12-13-14-15-16-17-18-20-25-37-29(36)34-26(22-21-24-33-28(30)31)27(35)32-23-19-8-6-4-2;/h26H,3-25H2,1-2H3,(H,32,35)(H,34,36)(H4,30,31,33);1H/t26-;/m0./s1. The molecule has 0 aliphatic rings. The van der Waals surface area contributed by atoms with Crippen LogP contribution in [0.5, 0.6) is 0 Å². The van der Waals surface area contributed by atoms with Crippen molar-refractivity contribution < 1.29 is 14.3 Å². The molecule has 2 amide bonds.